The number of thiocarbonyl (C=S) groups is 1. The van der Waals surface area contributed by atoms with E-state index in [2.05, 4.69) is 11.9 Å². The maximum Gasteiger partial charge on any atom is 0.270 e. The molecule has 200 valence electrons. The zero-order valence-electron chi connectivity index (χ0n) is 20.8. The van der Waals surface area contributed by atoms with Gasteiger partial charge in [-0.25, -0.2) is 4.39 Å². The fourth-order valence-electron chi connectivity index (χ4n) is 3.97. The van der Waals surface area contributed by atoms with Crippen molar-refractivity contribution in [2.45, 2.75) is 20.0 Å². The van der Waals surface area contributed by atoms with Crippen molar-refractivity contribution in [2.75, 3.05) is 11.5 Å². The van der Waals surface area contributed by atoms with E-state index in [9.17, 15) is 14.0 Å². The van der Waals surface area contributed by atoms with Gasteiger partial charge in [-0.2, -0.15) is 0 Å². The molecule has 1 fully saturated rings. The Morgan fingerprint density at radius 3 is 2.56 bits per heavy atom. The summed E-state index contributed by atoms with van der Waals surface area (Å²) in [5.74, 6) is -0.936. The van der Waals surface area contributed by atoms with Gasteiger partial charge in [0.25, 0.3) is 11.8 Å². The minimum Gasteiger partial charge on any atom is -0.490 e. The lowest BCUT2D eigenvalue weighted by molar-refractivity contribution is -0.122. The molecule has 3 aromatic rings. The molecule has 0 bridgehead atoms. The number of hydrogen-bond donors (Lipinski definition) is 1. The SMILES string of the molecule is C=CCc1cc(/C=C2\C(=O)NC(=S)N(c3cccc(Cl)c3Cl)C2=O)cc(OCC)c1OCc1ccccc1F. The molecular formula is C29H23Cl2FN2O4S. The predicted molar refractivity (Wildman–Crippen MR) is 155 cm³/mol. The van der Waals surface area contributed by atoms with Crippen molar-refractivity contribution in [3.05, 3.63) is 105 Å². The van der Waals surface area contributed by atoms with Gasteiger partial charge in [0.05, 0.1) is 22.3 Å². The fraction of sp³-hybridized carbons (Fsp3) is 0.138. The highest BCUT2D eigenvalue weighted by molar-refractivity contribution is 7.80. The van der Waals surface area contributed by atoms with E-state index in [4.69, 9.17) is 44.9 Å². The monoisotopic (exact) mass is 584 g/mol. The fourth-order valence-corrected chi connectivity index (χ4v) is 4.63. The van der Waals surface area contributed by atoms with Crippen LogP contribution in [0.15, 0.2) is 72.8 Å². The third-order valence-corrected chi connectivity index (χ3v) is 6.83. The standard InChI is InChI=1S/C29H23Cl2FN2O4S/c1-3-8-18-13-17(15-24(37-4-2)26(18)38-16-19-9-5-6-11-22(19)32)14-20-27(35)33-29(39)34(28(20)36)23-12-7-10-21(30)25(23)31/h3,5-7,9-15H,1,4,8,16H2,2H3,(H,33,35,39)/b20-14+. The van der Waals surface area contributed by atoms with E-state index in [1.807, 2.05) is 6.92 Å². The van der Waals surface area contributed by atoms with Crippen LogP contribution >= 0.6 is 35.4 Å². The number of carbonyl (C=O) groups is 2. The zero-order valence-corrected chi connectivity index (χ0v) is 23.1. The van der Waals surface area contributed by atoms with E-state index >= 15 is 0 Å². The zero-order chi connectivity index (χ0) is 28.1. The summed E-state index contributed by atoms with van der Waals surface area (Å²) >= 11 is 17.7. The van der Waals surface area contributed by atoms with Gasteiger partial charge in [0.1, 0.15) is 18.0 Å². The first-order valence-electron chi connectivity index (χ1n) is 11.9. The molecule has 0 radical (unpaired) electrons. The van der Waals surface area contributed by atoms with E-state index in [0.29, 0.717) is 41.2 Å². The Kier molecular flexibility index (Phi) is 9.01. The summed E-state index contributed by atoms with van der Waals surface area (Å²) in [5, 5.41) is 2.76. The Bertz CT molecular complexity index is 1510. The highest BCUT2D eigenvalue weighted by Gasteiger charge is 2.35. The number of rotatable bonds is 9. The van der Waals surface area contributed by atoms with Crippen LogP contribution in [0.1, 0.15) is 23.6 Å². The van der Waals surface area contributed by atoms with Crippen molar-refractivity contribution in [3.63, 3.8) is 0 Å². The summed E-state index contributed by atoms with van der Waals surface area (Å²) in [7, 11) is 0. The minimum absolute atomic E-state index is 0.0228. The van der Waals surface area contributed by atoms with Crippen molar-refractivity contribution in [1.82, 2.24) is 5.32 Å². The Morgan fingerprint density at radius 1 is 1.08 bits per heavy atom. The summed E-state index contributed by atoms with van der Waals surface area (Å²) in [6.45, 7) is 5.91. The normalized spacial score (nSPS) is 14.4. The molecule has 0 unspecified atom stereocenters. The number of allylic oxidation sites excluding steroid dienone is 1. The third kappa shape index (κ3) is 6.14. The smallest absolute Gasteiger partial charge is 0.270 e. The molecule has 6 nitrogen and oxygen atoms in total. The first kappa shape index (κ1) is 28.3. The molecule has 0 spiro atoms. The number of amides is 2. The van der Waals surface area contributed by atoms with Gasteiger partial charge >= 0.3 is 0 Å². The second kappa shape index (κ2) is 12.4. The van der Waals surface area contributed by atoms with Crippen LogP contribution in [0.3, 0.4) is 0 Å². The van der Waals surface area contributed by atoms with Crippen LogP contribution in [-0.2, 0) is 22.6 Å². The molecular weight excluding hydrogens is 562 g/mol. The van der Waals surface area contributed by atoms with Gasteiger partial charge < -0.3 is 9.47 Å². The van der Waals surface area contributed by atoms with Crippen LogP contribution in [0, 0.1) is 5.82 Å². The molecule has 2 amide bonds. The maximum atomic E-state index is 14.2. The Balaban J connectivity index is 1.75. The van der Waals surface area contributed by atoms with E-state index in [1.54, 1.807) is 54.6 Å². The lowest BCUT2D eigenvalue weighted by Crippen LogP contribution is -2.54. The summed E-state index contributed by atoms with van der Waals surface area (Å²) < 4.78 is 26.0. The van der Waals surface area contributed by atoms with Crippen LogP contribution in [0.5, 0.6) is 11.5 Å². The number of halogens is 3. The number of hydrogen-bond acceptors (Lipinski definition) is 5. The number of ether oxygens (including phenoxy) is 2. The number of nitrogens with zero attached hydrogens (tertiary/aromatic N) is 1. The molecule has 0 aliphatic carbocycles. The summed E-state index contributed by atoms with van der Waals surface area (Å²) in [5.41, 5.74) is 1.62. The summed E-state index contributed by atoms with van der Waals surface area (Å²) in [6.07, 6.45) is 3.50. The number of benzene rings is 3. The van der Waals surface area contributed by atoms with Gasteiger partial charge in [-0.05, 0) is 67.5 Å². The lowest BCUT2D eigenvalue weighted by Gasteiger charge is -2.29. The van der Waals surface area contributed by atoms with E-state index in [1.165, 1.54) is 12.1 Å². The highest BCUT2D eigenvalue weighted by Crippen LogP contribution is 2.37. The second-order valence-corrected chi connectivity index (χ2v) is 9.52. The molecule has 0 saturated carbocycles. The average molecular weight is 585 g/mol. The second-order valence-electron chi connectivity index (χ2n) is 8.34. The van der Waals surface area contributed by atoms with Crippen molar-refractivity contribution in [2.24, 2.45) is 0 Å². The molecule has 1 saturated heterocycles. The van der Waals surface area contributed by atoms with Crippen LogP contribution in [0.2, 0.25) is 10.0 Å². The molecule has 0 aromatic heterocycles. The summed E-state index contributed by atoms with van der Waals surface area (Å²) in [4.78, 5) is 27.5. The molecule has 1 N–H and O–H groups in total. The predicted octanol–water partition coefficient (Wildman–Crippen LogP) is 6.67. The van der Waals surface area contributed by atoms with Crippen LogP contribution in [0.25, 0.3) is 6.08 Å². The quantitative estimate of drug-likeness (QED) is 0.132. The highest BCUT2D eigenvalue weighted by atomic mass is 35.5. The van der Waals surface area contributed by atoms with Crippen molar-refractivity contribution in [3.8, 4) is 11.5 Å². The van der Waals surface area contributed by atoms with Crippen molar-refractivity contribution < 1.29 is 23.5 Å². The van der Waals surface area contributed by atoms with Gasteiger partial charge in [0.15, 0.2) is 16.6 Å². The largest absolute Gasteiger partial charge is 0.490 e. The first-order chi connectivity index (χ1) is 18.7. The van der Waals surface area contributed by atoms with Gasteiger partial charge in [-0.1, -0.05) is 53.5 Å². The number of carbonyl (C=O) groups excluding carboxylic acids is 2. The van der Waals surface area contributed by atoms with Crippen LogP contribution in [-0.4, -0.2) is 23.5 Å². The first-order valence-corrected chi connectivity index (χ1v) is 13.0. The van der Waals surface area contributed by atoms with Gasteiger partial charge in [-0.15, -0.1) is 6.58 Å². The topological polar surface area (TPSA) is 67.9 Å². The number of anilines is 1. The van der Waals surface area contributed by atoms with Crippen molar-refractivity contribution >= 4 is 64.1 Å². The van der Waals surface area contributed by atoms with Crippen molar-refractivity contribution in [1.29, 1.82) is 0 Å². The Hall–Kier alpha value is -3.72. The molecule has 4 rings (SSSR count). The molecule has 1 aliphatic rings. The average Bonchev–Trinajstić information content (AvgIpc) is 2.89. The molecule has 1 aliphatic heterocycles. The van der Waals surface area contributed by atoms with Gasteiger partial charge in [0, 0.05) is 11.1 Å². The van der Waals surface area contributed by atoms with E-state index < -0.39 is 11.8 Å². The van der Waals surface area contributed by atoms with Crippen LogP contribution in [0.4, 0.5) is 10.1 Å². The maximum absolute atomic E-state index is 14.2. The Labute approximate surface area is 240 Å². The lowest BCUT2D eigenvalue weighted by atomic mass is 10.0. The number of nitrogens with one attached hydrogen (secondary N) is 1. The van der Waals surface area contributed by atoms with Crippen LogP contribution < -0.4 is 19.7 Å². The molecule has 39 heavy (non-hydrogen) atoms. The Morgan fingerprint density at radius 2 is 1.85 bits per heavy atom. The molecule has 3 aromatic carbocycles. The molecule has 1 heterocycles. The molecule has 10 heteroatoms. The molecule has 0 atom stereocenters. The summed E-state index contributed by atoms with van der Waals surface area (Å²) in [6, 6.07) is 14.5. The van der Waals surface area contributed by atoms with E-state index in [0.717, 1.165) is 4.90 Å². The van der Waals surface area contributed by atoms with Gasteiger partial charge in [-0.3, -0.25) is 19.8 Å². The third-order valence-electron chi connectivity index (χ3n) is 5.73. The van der Waals surface area contributed by atoms with E-state index in [-0.39, 0.29) is 38.8 Å². The van der Waals surface area contributed by atoms with Gasteiger partial charge in [0.2, 0.25) is 0 Å². The minimum atomic E-state index is -0.670.